The number of esters is 1. The number of hydrogen-bond donors (Lipinski definition) is 3. The SMILES string of the molecule is COC(=O)c1[nH]c2ccc(C)cc2c1NC(=O)C[NH+]1C[C@H](C)O[C@@H](C)C1. The summed E-state index contributed by atoms with van der Waals surface area (Å²) in [5, 5.41) is 3.72. The van der Waals surface area contributed by atoms with E-state index < -0.39 is 5.97 Å². The highest BCUT2D eigenvalue weighted by atomic mass is 16.5. The van der Waals surface area contributed by atoms with E-state index in [9.17, 15) is 9.59 Å². The Kier molecular flexibility index (Phi) is 5.29. The molecule has 2 aromatic rings. The van der Waals surface area contributed by atoms with Gasteiger partial charge in [-0.15, -0.1) is 0 Å². The molecule has 0 aliphatic carbocycles. The van der Waals surface area contributed by atoms with Crippen LogP contribution in [0, 0.1) is 6.92 Å². The molecule has 0 radical (unpaired) electrons. The molecule has 1 aliphatic heterocycles. The maximum atomic E-state index is 12.6. The normalized spacial score (nSPS) is 23.0. The van der Waals surface area contributed by atoms with E-state index in [0.29, 0.717) is 12.2 Å². The van der Waals surface area contributed by atoms with Gasteiger partial charge in [0, 0.05) is 10.9 Å². The predicted octanol–water partition coefficient (Wildman–Crippen LogP) is 0.894. The van der Waals surface area contributed by atoms with Gasteiger partial charge >= 0.3 is 5.97 Å². The van der Waals surface area contributed by atoms with E-state index in [1.54, 1.807) is 0 Å². The van der Waals surface area contributed by atoms with Gasteiger partial charge in [0.2, 0.25) is 0 Å². The molecule has 1 fully saturated rings. The Labute approximate surface area is 152 Å². The first kappa shape index (κ1) is 18.4. The number of rotatable bonds is 4. The largest absolute Gasteiger partial charge is 0.464 e. The van der Waals surface area contributed by atoms with Gasteiger partial charge in [-0.3, -0.25) is 4.79 Å². The Balaban J connectivity index is 1.83. The van der Waals surface area contributed by atoms with Crippen LogP contribution in [0.25, 0.3) is 10.9 Å². The number of methoxy groups -OCH3 is 1. The van der Waals surface area contributed by atoms with Crippen molar-refractivity contribution in [1.29, 1.82) is 0 Å². The first-order valence-corrected chi connectivity index (χ1v) is 8.87. The lowest BCUT2D eigenvalue weighted by molar-refractivity contribution is -0.907. The zero-order chi connectivity index (χ0) is 18.8. The predicted molar refractivity (Wildman–Crippen MR) is 98.6 cm³/mol. The number of ether oxygens (including phenoxy) is 2. The molecule has 140 valence electrons. The van der Waals surface area contributed by atoms with Gasteiger partial charge in [0.15, 0.2) is 6.54 Å². The summed E-state index contributed by atoms with van der Waals surface area (Å²) in [4.78, 5) is 29.0. The highest BCUT2D eigenvalue weighted by Gasteiger charge is 2.28. The lowest BCUT2D eigenvalue weighted by Gasteiger charge is -2.31. The maximum absolute atomic E-state index is 12.6. The van der Waals surface area contributed by atoms with E-state index in [4.69, 9.17) is 9.47 Å². The Morgan fingerprint density at radius 2 is 2.00 bits per heavy atom. The smallest absolute Gasteiger partial charge is 0.356 e. The number of H-pyrrole nitrogens is 1. The minimum Gasteiger partial charge on any atom is -0.464 e. The lowest BCUT2D eigenvalue weighted by Crippen LogP contribution is -3.16. The topological polar surface area (TPSA) is 84.9 Å². The van der Waals surface area contributed by atoms with Crippen LogP contribution in [0.3, 0.4) is 0 Å². The quantitative estimate of drug-likeness (QED) is 0.707. The molecular formula is C19H26N3O4+. The van der Waals surface area contributed by atoms with Crippen LogP contribution in [0.15, 0.2) is 18.2 Å². The number of aryl methyl sites for hydroxylation is 1. The van der Waals surface area contributed by atoms with Gasteiger partial charge in [-0.25, -0.2) is 4.79 Å². The summed E-state index contributed by atoms with van der Waals surface area (Å²) in [6.45, 7) is 7.91. The number of fused-ring (bicyclic) bond motifs is 1. The molecular weight excluding hydrogens is 334 g/mol. The molecule has 1 aliphatic rings. The highest BCUT2D eigenvalue weighted by molar-refractivity contribution is 6.11. The Morgan fingerprint density at radius 3 is 2.65 bits per heavy atom. The molecule has 7 nitrogen and oxygen atoms in total. The van der Waals surface area contributed by atoms with E-state index in [1.165, 1.54) is 12.0 Å². The molecule has 1 saturated heterocycles. The molecule has 1 aromatic carbocycles. The average Bonchev–Trinajstić information content (AvgIpc) is 2.91. The van der Waals surface area contributed by atoms with Crippen LogP contribution in [-0.2, 0) is 14.3 Å². The standard InChI is InChI=1S/C19H25N3O4/c1-11-5-6-15-14(7-11)17(18(20-15)19(24)25-4)21-16(23)10-22-8-12(2)26-13(3)9-22/h5-7,12-13,20H,8-10H2,1-4H3,(H,21,23)/p+1/t12-,13-/m0/s1. The number of aromatic nitrogens is 1. The van der Waals surface area contributed by atoms with Gasteiger partial charge in [0.05, 0.1) is 12.8 Å². The average molecular weight is 360 g/mol. The van der Waals surface area contributed by atoms with E-state index in [1.807, 2.05) is 39.0 Å². The summed E-state index contributed by atoms with van der Waals surface area (Å²) in [5.41, 5.74) is 2.58. The van der Waals surface area contributed by atoms with Crippen LogP contribution >= 0.6 is 0 Å². The van der Waals surface area contributed by atoms with Gasteiger partial charge < -0.3 is 24.7 Å². The number of hydrogen-bond acceptors (Lipinski definition) is 4. The van der Waals surface area contributed by atoms with Crippen LogP contribution in [-0.4, -0.2) is 55.8 Å². The third-order valence-corrected chi connectivity index (χ3v) is 4.64. The lowest BCUT2D eigenvalue weighted by atomic mass is 10.1. The number of morpholine rings is 1. The molecule has 3 rings (SSSR count). The maximum Gasteiger partial charge on any atom is 0.356 e. The summed E-state index contributed by atoms with van der Waals surface area (Å²) in [5.74, 6) is -0.635. The molecule has 1 amide bonds. The van der Waals surface area contributed by atoms with Gasteiger partial charge in [0.25, 0.3) is 5.91 Å². The third-order valence-electron chi connectivity index (χ3n) is 4.64. The highest BCUT2D eigenvalue weighted by Crippen LogP contribution is 2.29. The third kappa shape index (κ3) is 3.89. The van der Waals surface area contributed by atoms with E-state index in [2.05, 4.69) is 10.3 Å². The second-order valence-corrected chi connectivity index (χ2v) is 7.06. The monoisotopic (exact) mass is 360 g/mol. The zero-order valence-corrected chi connectivity index (χ0v) is 15.6. The summed E-state index contributed by atoms with van der Waals surface area (Å²) in [7, 11) is 1.32. The van der Waals surface area contributed by atoms with E-state index in [-0.39, 0.29) is 23.8 Å². The molecule has 2 atom stereocenters. The van der Waals surface area contributed by atoms with Crippen LogP contribution in [0.5, 0.6) is 0 Å². The van der Waals surface area contributed by atoms with Gasteiger partial charge in [0.1, 0.15) is 31.0 Å². The van der Waals surface area contributed by atoms with Crippen molar-refractivity contribution in [3.05, 3.63) is 29.5 Å². The van der Waals surface area contributed by atoms with Crippen molar-refractivity contribution < 1.29 is 24.0 Å². The fourth-order valence-corrected chi connectivity index (χ4v) is 3.63. The fourth-order valence-electron chi connectivity index (χ4n) is 3.63. The molecule has 0 unspecified atom stereocenters. The molecule has 1 aromatic heterocycles. The molecule has 0 saturated carbocycles. The van der Waals surface area contributed by atoms with E-state index >= 15 is 0 Å². The number of carbonyl (C=O) groups is 2. The summed E-state index contributed by atoms with van der Waals surface area (Å²) < 4.78 is 10.6. The number of nitrogens with one attached hydrogen (secondary N) is 3. The zero-order valence-electron chi connectivity index (χ0n) is 15.6. The van der Waals surface area contributed by atoms with Crippen LogP contribution in [0.2, 0.25) is 0 Å². The molecule has 26 heavy (non-hydrogen) atoms. The fraction of sp³-hybridized carbons (Fsp3) is 0.474. The molecule has 7 heteroatoms. The second-order valence-electron chi connectivity index (χ2n) is 7.06. The number of amides is 1. The van der Waals surface area contributed by atoms with Crippen LogP contribution in [0.1, 0.15) is 29.9 Å². The molecule has 0 bridgehead atoms. The number of anilines is 1. The Hall–Kier alpha value is -2.38. The van der Waals surface area contributed by atoms with Crippen molar-refractivity contribution in [3.8, 4) is 0 Å². The van der Waals surface area contributed by atoms with Crippen molar-refractivity contribution in [2.75, 3.05) is 32.1 Å². The van der Waals surface area contributed by atoms with Crippen molar-refractivity contribution in [2.45, 2.75) is 33.0 Å². The van der Waals surface area contributed by atoms with Gasteiger partial charge in [-0.05, 0) is 32.9 Å². The van der Waals surface area contributed by atoms with Crippen molar-refractivity contribution in [1.82, 2.24) is 4.98 Å². The van der Waals surface area contributed by atoms with Crippen molar-refractivity contribution >= 4 is 28.5 Å². The van der Waals surface area contributed by atoms with Gasteiger partial charge in [-0.2, -0.15) is 0 Å². The van der Waals surface area contributed by atoms with Crippen LogP contribution in [0.4, 0.5) is 5.69 Å². The number of aromatic amines is 1. The van der Waals surface area contributed by atoms with Gasteiger partial charge in [-0.1, -0.05) is 11.6 Å². The summed E-state index contributed by atoms with van der Waals surface area (Å²) in [6, 6.07) is 5.79. The Bertz CT molecular complexity index is 820. The summed E-state index contributed by atoms with van der Waals surface area (Å²) >= 11 is 0. The first-order valence-electron chi connectivity index (χ1n) is 8.87. The number of benzene rings is 1. The number of carbonyl (C=O) groups excluding carboxylic acids is 2. The van der Waals surface area contributed by atoms with Crippen molar-refractivity contribution in [3.63, 3.8) is 0 Å². The first-order chi connectivity index (χ1) is 12.4. The molecule has 0 spiro atoms. The number of quaternary nitrogens is 1. The Morgan fingerprint density at radius 1 is 1.31 bits per heavy atom. The molecule has 2 heterocycles. The van der Waals surface area contributed by atoms with E-state index in [0.717, 1.165) is 29.6 Å². The summed E-state index contributed by atoms with van der Waals surface area (Å²) in [6.07, 6.45) is 0.255. The second kappa shape index (κ2) is 7.47. The molecule has 3 N–H and O–H groups in total. The van der Waals surface area contributed by atoms with Crippen molar-refractivity contribution in [2.24, 2.45) is 0 Å². The van der Waals surface area contributed by atoms with Crippen LogP contribution < -0.4 is 10.2 Å². The minimum atomic E-state index is -0.505. The minimum absolute atomic E-state index is 0.128.